The van der Waals surface area contributed by atoms with Crippen molar-refractivity contribution < 1.29 is 33.2 Å². The number of benzene rings is 2. The lowest BCUT2D eigenvalue weighted by molar-refractivity contribution is -0.877. The molecule has 2 rings (SSSR count). The number of nitrogens with zero attached hydrogens (tertiary/aromatic N) is 1. The summed E-state index contributed by atoms with van der Waals surface area (Å²) in [5.41, 5.74) is 3.82. The summed E-state index contributed by atoms with van der Waals surface area (Å²) in [4.78, 5) is 0. The van der Waals surface area contributed by atoms with Crippen molar-refractivity contribution in [1.82, 2.24) is 0 Å². The molecular formula is C22H32INO. The zero-order valence-corrected chi connectivity index (χ0v) is 18.6. The molecule has 0 N–H and O–H groups in total. The molecule has 0 aliphatic heterocycles. The third-order valence-corrected chi connectivity index (χ3v) is 4.03. The van der Waals surface area contributed by atoms with Gasteiger partial charge in [0.05, 0.1) is 34.3 Å². The Hall–Kier alpha value is -0.910. The van der Waals surface area contributed by atoms with Crippen LogP contribution in [-0.2, 0) is 4.74 Å². The second kappa shape index (κ2) is 9.15. The first kappa shape index (κ1) is 22.1. The Balaban J connectivity index is 0.00000312. The van der Waals surface area contributed by atoms with E-state index >= 15 is 0 Å². The minimum absolute atomic E-state index is 0. The van der Waals surface area contributed by atoms with E-state index in [1.54, 1.807) is 0 Å². The Bertz CT molecular complexity index is 629. The topological polar surface area (TPSA) is 9.23 Å². The first-order valence-corrected chi connectivity index (χ1v) is 8.70. The summed E-state index contributed by atoms with van der Waals surface area (Å²) in [6, 6.07) is 19.2. The summed E-state index contributed by atoms with van der Waals surface area (Å²) in [6.45, 7) is 8.49. The molecule has 0 spiro atoms. The number of rotatable bonds is 7. The van der Waals surface area contributed by atoms with E-state index < -0.39 is 0 Å². The van der Waals surface area contributed by atoms with Crippen LogP contribution in [0.2, 0.25) is 0 Å². The number of hydrogen-bond acceptors (Lipinski definition) is 1. The summed E-state index contributed by atoms with van der Waals surface area (Å²) in [5, 5.41) is 0. The highest BCUT2D eigenvalue weighted by molar-refractivity contribution is 5.31. The van der Waals surface area contributed by atoms with E-state index in [1.807, 2.05) is 0 Å². The maximum atomic E-state index is 6.45. The molecule has 0 aliphatic carbocycles. The normalized spacial score (nSPS) is 13.2. The molecule has 0 radical (unpaired) electrons. The fraction of sp³-hybridized carbons (Fsp3) is 0.455. The molecule has 25 heavy (non-hydrogen) atoms. The van der Waals surface area contributed by atoms with Crippen LogP contribution in [0.15, 0.2) is 54.6 Å². The first-order valence-electron chi connectivity index (χ1n) is 8.70. The lowest BCUT2D eigenvalue weighted by Gasteiger charge is -2.35. The Labute approximate surface area is 170 Å². The van der Waals surface area contributed by atoms with Crippen molar-refractivity contribution in [3.8, 4) is 0 Å². The molecular weight excluding hydrogens is 421 g/mol. The van der Waals surface area contributed by atoms with Gasteiger partial charge in [0.15, 0.2) is 0 Å². The molecule has 2 nitrogen and oxygen atoms in total. The summed E-state index contributed by atoms with van der Waals surface area (Å²) >= 11 is 0. The van der Waals surface area contributed by atoms with Crippen LogP contribution in [-0.4, -0.2) is 38.8 Å². The minimum Gasteiger partial charge on any atom is -1.00 e. The molecule has 3 heteroatoms. The quantitative estimate of drug-likeness (QED) is 0.460. The van der Waals surface area contributed by atoms with E-state index in [0.717, 1.165) is 17.6 Å². The largest absolute Gasteiger partial charge is 1.00 e. The molecule has 0 fully saturated rings. The standard InChI is InChI=1S/C22H32NO.HI/c1-18-12-14-20(15-13-18)21(19-10-8-7-9-11-19)24-17-22(2,3)16-23(4,5)6;/h7-15,21H,16-17H2,1-6H3;1H/q+1;/p-1. The maximum absolute atomic E-state index is 6.45. The maximum Gasteiger partial charge on any atom is 0.108 e. The molecule has 0 aromatic heterocycles. The van der Waals surface area contributed by atoms with Gasteiger partial charge in [0.25, 0.3) is 0 Å². The van der Waals surface area contributed by atoms with Gasteiger partial charge in [0.1, 0.15) is 6.10 Å². The van der Waals surface area contributed by atoms with Crippen LogP contribution in [0.25, 0.3) is 0 Å². The summed E-state index contributed by atoms with van der Waals surface area (Å²) < 4.78 is 7.40. The second-order valence-electron chi connectivity index (χ2n) is 8.63. The number of ether oxygens (including phenoxy) is 1. The van der Waals surface area contributed by atoms with Crippen molar-refractivity contribution in [2.45, 2.75) is 26.9 Å². The van der Waals surface area contributed by atoms with Crippen LogP contribution >= 0.6 is 0 Å². The molecule has 138 valence electrons. The Morgan fingerprint density at radius 3 is 1.92 bits per heavy atom. The van der Waals surface area contributed by atoms with E-state index in [1.165, 1.54) is 16.7 Å². The molecule has 0 bridgehead atoms. The fourth-order valence-electron chi connectivity index (χ4n) is 3.39. The van der Waals surface area contributed by atoms with Gasteiger partial charge in [-0.1, -0.05) is 74.0 Å². The molecule has 1 unspecified atom stereocenters. The molecule has 0 saturated heterocycles. The molecule has 0 amide bonds. The Morgan fingerprint density at radius 1 is 0.880 bits per heavy atom. The van der Waals surface area contributed by atoms with Gasteiger partial charge in [-0.05, 0) is 18.1 Å². The van der Waals surface area contributed by atoms with Crippen molar-refractivity contribution in [3.63, 3.8) is 0 Å². The van der Waals surface area contributed by atoms with Gasteiger partial charge in [-0.3, -0.25) is 0 Å². The minimum atomic E-state index is -0.0152. The number of quaternary nitrogens is 1. The van der Waals surface area contributed by atoms with E-state index in [-0.39, 0.29) is 35.5 Å². The van der Waals surface area contributed by atoms with Gasteiger partial charge in [-0.15, -0.1) is 0 Å². The van der Waals surface area contributed by atoms with E-state index in [0.29, 0.717) is 0 Å². The first-order chi connectivity index (χ1) is 11.2. The van der Waals surface area contributed by atoms with Crippen molar-refractivity contribution in [1.29, 1.82) is 0 Å². The number of halogens is 1. The lowest BCUT2D eigenvalue weighted by atomic mass is 9.93. The van der Waals surface area contributed by atoms with Gasteiger partial charge in [0.2, 0.25) is 0 Å². The third-order valence-electron chi connectivity index (χ3n) is 4.03. The highest BCUT2D eigenvalue weighted by Gasteiger charge is 2.28. The molecule has 2 aromatic carbocycles. The smallest absolute Gasteiger partial charge is 0.108 e. The van der Waals surface area contributed by atoms with Crippen LogP contribution in [0, 0.1) is 12.3 Å². The fourth-order valence-corrected chi connectivity index (χ4v) is 3.39. The number of hydrogen-bond donors (Lipinski definition) is 0. The van der Waals surface area contributed by atoms with Crippen LogP contribution < -0.4 is 24.0 Å². The lowest BCUT2D eigenvalue weighted by Crippen LogP contribution is -3.00. The Morgan fingerprint density at radius 2 is 1.40 bits per heavy atom. The van der Waals surface area contributed by atoms with Crippen molar-refractivity contribution >= 4 is 0 Å². The predicted molar refractivity (Wildman–Crippen MR) is 102 cm³/mol. The van der Waals surface area contributed by atoms with E-state index in [2.05, 4.69) is 96.5 Å². The van der Waals surface area contributed by atoms with E-state index in [4.69, 9.17) is 4.74 Å². The SMILES string of the molecule is Cc1ccc(C(OCC(C)(C)C[N+](C)(C)C)c2ccccc2)cc1.[I-]. The van der Waals surface area contributed by atoms with Crippen LogP contribution in [0.4, 0.5) is 0 Å². The Kier molecular flexibility index (Phi) is 8.10. The zero-order chi connectivity index (χ0) is 17.8. The van der Waals surface area contributed by atoms with Crippen molar-refractivity contribution in [2.75, 3.05) is 34.3 Å². The van der Waals surface area contributed by atoms with Crippen molar-refractivity contribution in [3.05, 3.63) is 71.3 Å². The number of aryl methyl sites for hydroxylation is 1. The average molecular weight is 453 g/mol. The van der Waals surface area contributed by atoms with Crippen LogP contribution in [0.5, 0.6) is 0 Å². The van der Waals surface area contributed by atoms with Crippen LogP contribution in [0.1, 0.15) is 36.6 Å². The molecule has 0 heterocycles. The van der Waals surface area contributed by atoms with Crippen molar-refractivity contribution in [2.24, 2.45) is 5.41 Å². The predicted octanol–water partition coefficient (Wildman–Crippen LogP) is 1.84. The molecule has 0 aliphatic rings. The average Bonchev–Trinajstić information content (AvgIpc) is 2.48. The molecule has 0 saturated carbocycles. The molecule has 1 atom stereocenters. The van der Waals surface area contributed by atoms with Gasteiger partial charge in [-0.2, -0.15) is 0 Å². The monoisotopic (exact) mass is 453 g/mol. The summed E-state index contributed by atoms with van der Waals surface area (Å²) in [6.07, 6.45) is -0.0152. The van der Waals surface area contributed by atoms with Crippen LogP contribution in [0.3, 0.4) is 0 Å². The zero-order valence-electron chi connectivity index (χ0n) is 16.4. The van der Waals surface area contributed by atoms with Gasteiger partial charge in [-0.25, -0.2) is 0 Å². The molecule has 2 aromatic rings. The highest BCUT2D eigenvalue weighted by Crippen LogP contribution is 2.29. The van der Waals surface area contributed by atoms with Gasteiger partial charge < -0.3 is 33.2 Å². The summed E-state index contributed by atoms with van der Waals surface area (Å²) in [7, 11) is 6.70. The van der Waals surface area contributed by atoms with Gasteiger partial charge in [0, 0.05) is 5.41 Å². The second-order valence-corrected chi connectivity index (χ2v) is 8.63. The van der Waals surface area contributed by atoms with E-state index in [9.17, 15) is 0 Å². The third kappa shape index (κ3) is 7.47. The summed E-state index contributed by atoms with van der Waals surface area (Å²) in [5.74, 6) is 0. The van der Waals surface area contributed by atoms with Gasteiger partial charge >= 0.3 is 0 Å². The highest BCUT2D eigenvalue weighted by atomic mass is 127.